The number of amides is 1. The molecule has 1 aromatic carbocycles. The number of benzene rings is 1. The van der Waals surface area contributed by atoms with Crippen molar-refractivity contribution in [2.75, 3.05) is 19.6 Å². The molecule has 4 nitrogen and oxygen atoms in total. The van der Waals surface area contributed by atoms with Gasteiger partial charge in [-0.15, -0.1) is 0 Å². The third kappa shape index (κ3) is 5.16. The summed E-state index contributed by atoms with van der Waals surface area (Å²) in [6.07, 6.45) is -0.897. The molecular weight excluding hydrogens is 320 g/mol. The number of hydrogen-bond acceptors (Lipinski definition) is 3. The maximum Gasteiger partial charge on any atom is 0.501 e. The van der Waals surface area contributed by atoms with Crippen LogP contribution in [0.25, 0.3) is 0 Å². The predicted octanol–water partition coefficient (Wildman–Crippen LogP) is 3.49. The van der Waals surface area contributed by atoms with Gasteiger partial charge in [-0.3, -0.25) is 4.90 Å². The smallest absolute Gasteiger partial charge is 0.448 e. The number of piperazine rings is 1. The van der Waals surface area contributed by atoms with Gasteiger partial charge in [-0.2, -0.15) is 0 Å². The lowest BCUT2D eigenvalue weighted by atomic mass is 9.76. The van der Waals surface area contributed by atoms with Gasteiger partial charge < -0.3 is 22.6 Å². The summed E-state index contributed by atoms with van der Waals surface area (Å²) in [5, 5.41) is 0. The van der Waals surface area contributed by atoms with Crippen LogP contribution in [0.2, 0.25) is 0 Å². The van der Waals surface area contributed by atoms with E-state index >= 15 is 0 Å². The van der Waals surface area contributed by atoms with E-state index in [1.165, 1.54) is 0 Å². The van der Waals surface area contributed by atoms with Gasteiger partial charge in [0, 0.05) is 25.6 Å². The minimum Gasteiger partial charge on any atom is -0.448 e. The summed E-state index contributed by atoms with van der Waals surface area (Å²) in [7, 11) is 0. The first-order valence-electron chi connectivity index (χ1n) is 8.02. The summed E-state index contributed by atoms with van der Waals surface area (Å²) in [4.78, 5) is 14.7. The van der Waals surface area contributed by atoms with Gasteiger partial charge in [0.25, 0.3) is 0 Å². The Balaban J connectivity index is 2.09. The predicted molar refractivity (Wildman–Crippen MR) is 87.5 cm³/mol. The van der Waals surface area contributed by atoms with Crippen molar-refractivity contribution < 1.29 is 22.5 Å². The van der Waals surface area contributed by atoms with Gasteiger partial charge in [0.1, 0.15) is 5.60 Å². The molecule has 0 bridgehead atoms. The van der Waals surface area contributed by atoms with Gasteiger partial charge in [0.05, 0.1) is 0 Å². The molecule has 0 radical (unpaired) electrons. The lowest BCUT2D eigenvalue weighted by Gasteiger charge is -2.45. The third-order valence-corrected chi connectivity index (χ3v) is 3.82. The Morgan fingerprint density at radius 2 is 1.83 bits per heavy atom. The Labute approximate surface area is 140 Å². The molecule has 1 saturated heterocycles. The van der Waals surface area contributed by atoms with Crippen molar-refractivity contribution in [1.82, 2.24) is 9.80 Å². The lowest BCUT2D eigenvalue weighted by molar-refractivity contribution is 0.00313. The quantitative estimate of drug-likeness (QED) is 0.788. The zero-order chi connectivity index (χ0) is 18.0. The zero-order valence-electron chi connectivity index (χ0n) is 14.2. The molecule has 2 rings (SSSR count). The van der Waals surface area contributed by atoms with Crippen molar-refractivity contribution in [2.24, 2.45) is 0 Å². The van der Waals surface area contributed by atoms with Crippen molar-refractivity contribution in [2.45, 2.75) is 38.9 Å². The number of rotatable bonds is 3. The van der Waals surface area contributed by atoms with E-state index in [2.05, 4.69) is 0 Å². The molecule has 0 N–H and O–H groups in total. The summed E-state index contributed by atoms with van der Waals surface area (Å²) in [5.74, 6) is -1.79. The van der Waals surface area contributed by atoms with Crippen LogP contribution in [0.15, 0.2) is 30.3 Å². The van der Waals surface area contributed by atoms with E-state index in [-0.39, 0.29) is 13.1 Å². The Morgan fingerprint density at radius 3 is 2.38 bits per heavy atom. The van der Waals surface area contributed by atoms with Crippen LogP contribution in [0.5, 0.6) is 0 Å². The van der Waals surface area contributed by atoms with Crippen LogP contribution in [0.4, 0.5) is 17.7 Å². The van der Waals surface area contributed by atoms with Crippen LogP contribution in [0.3, 0.4) is 0 Å². The molecule has 1 atom stereocenters. The van der Waals surface area contributed by atoms with Crippen molar-refractivity contribution in [3.63, 3.8) is 0 Å². The van der Waals surface area contributed by atoms with Crippen LogP contribution in [-0.2, 0) is 11.3 Å². The maximum atomic E-state index is 13.5. The Bertz CT molecular complexity index is 561. The largest absolute Gasteiger partial charge is 0.501 e. The number of halogens is 3. The second-order valence-electron chi connectivity index (χ2n) is 7.09. The number of hydrogen-bond donors (Lipinski definition) is 0. The minimum absolute atomic E-state index is 0.00761. The van der Waals surface area contributed by atoms with Crippen molar-refractivity contribution in [1.29, 1.82) is 0 Å². The molecule has 24 heavy (non-hydrogen) atoms. The summed E-state index contributed by atoms with van der Waals surface area (Å²) in [6, 6.07) is 9.35. The van der Waals surface area contributed by atoms with Crippen molar-refractivity contribution in [3.8, 4) is 0 Å². The van der Waals surface area contributed by atoms with Crippen LogP contribution >= 0.6 is 0 Å². The van der Waals surface area contributed by atoms with Gasteiger partial charge >= 0.3 is 13.1 Å². The molecule has 1 amide bonds. The van der Waals surface area contributed by atoms with Gasteiger partial charge in [-0.1, -0.05) is 30.3 Å². The van der Waals surface area contributed by atoms with E-state index < -0.39 is 24.6 Å². The van der Waals surface area contributed by atoms with Crippen LogP contribution in [0.1, 0.15) is 26.3 Å². The summed E-state index contributed by atoms with van der Waals surface area (Å²) in [6.45, 7) is 0.348. The van der Waals surface area contributed by atoms with E-state index in [1.54, 1.807) is 25.7 Å². The van der Waals surface area contributed by atoms with Crippen molar-refractivity contribution >= 4 is 13.1 Å². The maximum absolute atomic E-state index is 13.5. The van der Waals surface area contributed by atoms with Gasteiger partial charge in [0.15, 0.2) is 0 Å². The molecule has 1 aliphatic rings. The molecular formula is C16H23BF3N2O2-. The Hall–Kier alpha value is -1.70. The fourth-order valence-corrected chi connectivity index (χ4v) is 2.73. The highest BCUT2D eigenvalue weighted by atomic mass is 19.4. The molecule has 134 valence electrons. The molecule has 8 heteroatoms. The fraction of sp³-hybridized carbons (Fsp3) is 0.562. The number of ether oxygens (including phenoxy) is 1. The van der Waals surface area contributed by atoms with Crippen LogP contribution in [-0.4, -0.2) is 54.0 Å². The summed E-state index contributed by atoms with van der Waals surface area (Å²) < 4.78 is 45.6. The highest BCUT2D eigenvalue weighted by Gasteiger charge is 2.45. The number of carbonyl (C=O) groups excluding carboxylic acids is 1. The molecule has 1 aromatic rings. The third-order valence-electron chi connectivity index (χ3n) is 3.82. The average Bonchev–Trinajstić information content (AvgIpc) is 2.45. The minimum atomic E-state index is -5.19. The van der Waals surface area contributed by atoms with Crippen molar-refractivity contribution in [3.05, 3.63) is 35.9 Å². The highest BCUT2D eigenvalue weighted by Crippen LogP contribution is 2.26. The first kappa shape index (κ1) is 18.6. The van der Waals surface area contributed by atoms with Crippen LogP contribution < -0.4 is 0 Å². The second-order valence-corrected chi connectivity index (χ2v) is 7.09. The molecule has 0 aromatic heterocycles. The highest BCUT2D eigenvalue weighted by molar-refractivity contribution is 6.60. The molecule has 0 aliphatic carbocycles. The first-order valence-corrected chi connectivity index (χ1v) is 8.02. The van der Waals surface area contributed by atoms with E-state index in [9.17, 15) is 17.7 Å². The normalized spacial score (nSPS) is 20.1. The molecule has 1 fully saturated rings. The second kappa shape index (κ2) is 7.05. The topological polar surface area (TPSA) is 32.8 Å². The standard InChI is InChI=1S/C16H23BF3N2O2/c1-16(2,3)24-15(23)22-10-9-21(12-14(22)17(18,19)20)11-13-7-5-4-6-8-13/h4-8,14H,9-12H2,1-3H3/q-1/t14-/m1/s1. The molecule has 0 unspecified atom stereocenters. The van der Waals surface area contributed by atoms with Gasteiger partial charge in [-0.25, -0.2) is 4.79 Å². The fourth-order valence-electron chi connectivity index (χ4n) is 2.73. The molecule has 0 saturated carbocycles. The lowest BCUT2D eigenvalue weighted by Crippen LogP contribution is -2.63. The average molecular weight is 343 g/mol. The zero-order valence-corrected chi connectivity index (χ0v) is 14.2. The number of nitrogens with zero attached hydrogens (tertiary/aromatic N) is 2. The van der Waals surface area contributed by atoms with E-state index in [0.717, 1.165) is 10.5 Å². The first-order chi connectivity index (χ1) is 11.1. The Morgan fingerprint density at radius 1 is 1.21 bits per heavy atom. The Kier molecular flexibility index (Phi) is 5.47. The summed E-state index contributed by atoms with van der Waals surface area (Å²) in [5.41, 5.74) is 0.137. The van der Waals surface area contributed by atoms with Gasteiger partial charge in [0.2, 0.25) is 0 Å². The van der Waals surface area contributed by atoms with E-state index in [1.807, 2.05) is 30.3 Å². The van der Waals surface area contributed by atoms with E-state index in [0.29, 0.717) is 13.1 Å². The van der Waals surface area contributed by atoms with Crippen LogP contribution in [0, 0.1) is 0 Å². The summed E-state index contributed by atoms with van der Waals surface area (Å²) >= 11 is 0. The van der Waals surface area contributed by atoms with Gasteiger partial charge in [-0.05, 0) is 32.9 Å². The molecule has 1 aliphatic heterocycles. The molecule has 0 spiro atoms. The number of carbonyl (C=O) groups is 1. The SMILES string of the molecule is CC(C)(C)OC(=O)N1CCN(Cc2ccccc2)C[C@@H]1[B-](F)(F)F. The molecule has 1 heterocycles. The monoisotopic (exact) mass is 343 g/mol. The van der Waals surface area contributed by atoms with E-state index in [4.69, 9.17) is 4.74 Å².